The molecule has 0 spiro atoms. The van der Waals surface area contributed by atoms with Gasteiger partial charge in [0, 0.05) is 17.5 Å². The summed E-state index contributed by atoms with van der Waals surface area (Å²) >= 11 is 1.40. The summed E-state index contributed by atoms with van der Waals surface area (Å²) < 4.78 is 18.6. The predicted molar refractivity (Wildman–Crippen MR) is 106 cm³/mol. The van der Waals surface area contributed by atoms with Crippen LogP contribution in [0.15, 0.2) is 54.7 Å². The zero-order valence-corrected chi connectivity index (χ0v) is 16.1. The Morgan fingerprint density at radius 2 is 1.93 bits per heavy atom. The summed E-state index contributed by atoms with van der Waals surface area (Å²) in [6.45, 7) is 4.09. The summed E-state index contributed by atoms with van der Waals surface area (Å²) in [7, 11) is 0. The van der Waals surface area contributed by atoms with Crippen molar-refractivity contribution in [3.63, 3.8) is 0 Å². The molecule has 0 fully saturated rings. The molecule has 0 unspecified atom stereocenters. The van der Waals surface area contributed by atoms with E-state index in [0.29, 0.717) is 17.5 Å². The molecular formula is C21H21FN2O2S. The first-order valence-electron chi connectivity index (χ1n) is 8.72. The van der Waals surface area contributed by atoms with Gasteiger partial charge in [-0.3, -0.25) is 10.1 Å². The van der Waals surface area contributed by atoms with Crippen LogP contribution in [-0.2, 0) is 11.2 Å². The van der Waals surface area contributed by atoms with Crippen LogP contribution in [0.25, 0.3) is 0 Å². The smallest absolute Gasteiger partial charge is 0.264 e. The first-order chi connectivity index (χ1) is 13.0. The molecular weight excluding hydrogens is 363 g/mol. The summed E-state index contributed by atoms with van der Waals surface area (Å²) in [6, 6.07) is 14.1. The minimum absolute atomic E-state index is 0.0728. The monoisotopic (exact) mass is 384 g/mol. The first-order valence-corrected chi connectivity index (χ1v) is 9.53. The molecule has 2 aromatic carbocycles. The third-order valence-corrected chi connectivity index (χ3v) is 4.90. The Bertz CT molecular complexity index is 907. The van der Waals surface area contributed by atoms with Gasteiger partial charge in [0.1, 0.15) is 11.6 Å². The molecule has 4 nitrogen and oxygen atoms in total. The maximum Gasteiger partial charge on any atom is 0.264 e. The van der Waals surface area contributed by atoms with E-state index in [0.717, 1.165) is 21.8 Å². The molecule has 140 valence electrons. The van der Waals surface area contributed by atoms with E-state index in [-0.39, 0.29) is 18.3 Å². The lowest BCUT2D eigenvalue weighted by Crippen LogP contribution is -2.20. The largest absolute Gasteiger partial charge is 0.483 e. The SMILES string of the molecule is CC(C)c1ccccc1OCC(=O)Nc1ncc(Cc2ccc(F)cc2)s1. The molecule has 1 N–H and O–H groups in total. The van der Waals surface area contributed by atoms with E-state index >= 15 is 0 Å². The number of aromatic nitrogens is 1. The quantitative estimate of drug-likeness (QED) is 0.623. The fourth-order valence-electron chi connectivity index (χ4n) is 2.64. The van der Waals surface area contributed by atoms with Gasteiger partial charge in [-0.15, -0.1) is 11.3 Å². The Kier molecular flexibility index (Phi) is 6.19. The van der Waals surface area contributed by atoms with Crippen molar-refractivity contribution in [2.75, 3.05) is 11.9 Å². The van der Waals surface area contributed by atoms with E-state index in [1.54, 1.807) is 18.3 Å². The summed E-state index contributed by atoms with van der Waals surface area (Å²) in [5, 5.41) is 3.29. The van der Waals surface area contributed by atoms with Gasteiger partial charge < -0.3 is 4.74 Å². The number of halogens is 1. The Morgan fingerprint density at radius 3 is 2.67 bits per heavy atom. The zero-order valence-electron chi connectivity index (χ0n) is 15.2. The molecule has 0 aliphatic heterocycles. The lowest BCUT2D eigenvalue weighted by molar-refractivity contribution is -0.118. The lowest BCUT2D eigenvalue weighted by atomic mass is 10.0. The number of carbonyl (C=O) groups is 1. The summed E-state index contributed by atoms with van der Waals surface area (Å²) in [5.41, 5.74) is 2.06. The van der Waals surface area contributed by atoms with Gasteiger partial charge >= 0.3 is 0 Å². The number of thiazole rings is 1. The molecule has 3 rings (SSSR count). The first kappa shape index (κ1) is 19.0. The Labute approximate surface area is 162 Å². The van der Waals surface area contributed by atoms with Gasteiger partial charge in [0.05, 0.1) is 0 Å². The maximum atomic E-state index is 13.0. The number of ether oxygens (including phenoxy) is 1. The molecule has 0 bridgehead atoms. The molecule has 0 saturated heterocycles. The number of hydrogen-bond acceptors (Lipinski definition) is 4. The van der Waals surface area contributed by atoms with Crippen molar-refractivity contribution in [1.29, 1.82) is 0 Å². The number of para-hydroxylation sites is 1. The maximum absolute atomic E-state index is 13.0. The Balaban J connectivity index is 1.54. The fourth-order valence-corrected chi connectivity index (χ4v) is 3.50. The van der Waals surface area contributed by atoms with Gasteiger partial charge in [-0.05, 0) is 35.2 Å². The van der Waals surface area contributed by atoms with E-state index in [1.807, 2.05) is 24.3 Å². The third-order valence-electron chi connectivity index (χ3n) is 3.99. The van der Waals surface area contributed by atoms with Crippen molar-refractivity contribution in [3.8, 4) is 5.75 Å². The van der Waals surface area contributed by atoms with Crippen LogP contribution in [0.2, 0.25) is 0 Å². The van der Waals surface area contributed by atoms with E-state index < -0.39 is 0 Å². The number of anilines is 1. The van der Waals surface area contributed by atoms with Crippen LogP contribution in [0.4, 0.5) is 9.52 Å². The average Bonchev–Trinajstić information content (AvgIpc) is 3.09. The van der Waals surface area contributed by atoms with Gasteiger partial charge in [0.15, 0.2) is 11.7 Å². The molecule has 1 aromatic heterocycles. The van der Waals surface area contributed by atoms with E-state index in [1.165, 1.54) is 23.5 Å². The molecule has 0 radical (unpaired) electrons. The van der Waals surface area contributed by atoms with E-state index in [9.17, 15) is 9.18 Å². The second-order valence-electron chi connectivity index (χ2n) is 6.46. The van der Waals surface area contributed by atoms with Gasteiger partial charge in [-0.2, -0.15) is 0 Å². The van der Waals surface area contributed by atoms with Gasteiger partial charge in [0.2, 0.25) is 0 Å². The van der Waals surface area contributed by atoms with Crippen LogP contribution < -0.4 is 10.1 Å². The molecule has 1 heterocycles. The molecule has 3 aromatic rings. The summed E-state index contributed by atoms with van der Waals surface area (Å²) in [4.78, 5) is 17.4. The minimum atomic E-state index is -0.255. The van der Waals surface area contributed by atoms with Crippen molar-refractivity contribution in [1.82, 2.24) is 4.98 Å². The predicted octanol–water partition coefficient (Wildman–Crippen LogP) is 5.01. The van der Waals surface area contributed by atoms with E-state index in [4.69, 9.17) is 4.74 Å². The van der Waals surface area contributed by atoms with Crippen LogP contribution in [-0.4, -0.2) is 17.5 Å². The molecule has 0 saturated carbocycles. The lowest BCUT2D eigenvalue weighted by Gasteiger charge is -2.13. The van der Waals surface area contributed by atoms with Crippen LogP contribution in [0.5, 0.6) is 5.75 Å². The molecule has 6 heteroatoms. The highest BCUT2D eigenvalue weighted by atomic mass is 32.1. The van der Waals surface area contributed by atoms with Crippen LogP contribution >= 0.6 is 11.3 Å². The van der Waals surface area contributed by atoms with Crippen molar-refractivity contribution < 1.29 is 13.9 Å². The fraction of sp³-hybridized carbons (Fsp3) is 0.238. The zero-order chi connectivity index (χ0) is 19.2. The van der Waals surface area contributed by atoms with Crippen molar-refractivity contribution in [2.24, 2.45) is 0 Å². The van der Waals surface area contributed by atoms with Gasteiger partial charge in [-0.1, -0.05) is 44.2 Å². The number of hydrogen-bond donors (Lipinski definition) is 1. The van der Waals surface area contributed by atoms with E-state index in [2.05, 4.69) is 24.1 Å². The number of benzene rings is 2. The van der Waals surface area contributed by atoms with Gasteiger partial charge in [0.25, 0.3) is 5.91 Å². The van der Waals surface area contributed by atoms with Crippen molar-refractivity contribution in [3.05, 3.63) is 76.5 Å². The van der Waals surface area contributed by atoms with Crippen molar-refractivity contribution >= 4 is 22.4 Å². The number of rotatable bonds is 7. The van der Waals surface area contributed by atoms with Crippen molar-refractivity contribution in [2.45, 2.75) is 26.2 Å². The molecule has 27 heavy (non-hydrogen) atoms. The van der Waals surface area contributed by atoms with Crippen LogP contribution in [0.1, 0.15) is 35.8 Å². The Hall–Kier alpha value is -2.73. The number of nitrogens with one attached hydrogen (secondary N) is 1. The van der Waals surface area contributed by atoms with Gasteiger partial charge in [-0.25, -0.2) is 9.37 Å². The Morgan fingerprint density at radius 1 is 1.19 bits per heavy atom. The highest BCUT2D eigenvalue weighted by Crippen LogP contribution is 2.26. The normalized spacial score (nSPS) is 10.8. The molecule has 0 aliphatic rings. The highest BCUT2D eigenvalue weighted by Gasteiger charge is 2.11. The molecule has 0 atom stereocenters. The highest BCUT2D eigenvalue weighted by molar-refractivity contribution is 7.15. The topological polar surface area (TPSA) is 51.2 Å². The average molecular weight is 384 g/mol. The summed E-state index contributed by atoms with van der Waals surface area (Å²) in [6.07, 6.45) is 2.37. The summed E-state index contributed by atoms with van der Waals surface area (Å²) in [5.74, 6) is 0.530. The standard InChI is InChI=1S/C21H21FN2O2S/c1-14(2)18-5-3-4-6-19(18)26-13-20(25)24-21-23-12-17(27-21)11-15-7-9-16(22)10-8-15/h3-10,12,14H,11,13H2,1-2H3,(H,23,24,25). The minimum Gasteiger partial charge on any atom is -0.483 e. The second-order valence-corrected chi connectivity index (χ2v) is 7.58. The number of amides is 1. The number of nitrogens with zero attached hydrogens (tertiary/aromatic N) is 1. The molecule has 0 aliphatic carbocycles. The third kappa shape index (κ3) is 5.37. The second kappa shape index (κ2) is 8.77. The number of carbonyl (C=O) groups excluding carboxylic acids is 1. The van der Waals surface area contributed by atoms with Crippen LogP contribution in [0.3, 0.4) is 0 Å². The molecule has 1 amide bonds. The van der Waals surface area contributed by atoms with Crippen LogP contribution in [0, 0.1) is 5.82 Å².